The summed E-state index contributed by atoms with van der Waals surface area (Å²) in [7, 11) is 0. The second-order valence-electron chi connectivity index (χ2n) is 3.13. The van der Waals surface area contributed by atoms with Gasteiger partial charge in [0, 0.05) is 21.5 Å². The fourth-order valence-electron chi connectivity index (χ4n) is 1.34. The Bertz CT molecular complexity index is 481. The highest BCUT2D eigenvalue weighted by molar-refractivity contribution is 7.16. The Morgan fingerprint density at radius 3 is 2.80 bits per heavy atom. The normalized spacial score (nSPS) is 10.6. The molecule has 0 spiro atoms. The average Bonchev–Trinajstić information content (AvgIpc) is 2.60. The Labute approximate surface area is 96.5 Å². The van der Waals surface area contributed by atoms with Gasteiger partial charge >= 0.3 is 0 Å². The monoisotopic (exact) mass is 241 g/mol. The number of thiophene rings is 1. The summed E-state index contributed by atoms with van der Waals surface area (Å²) in [5, 5.41) is 0.752. The molecule has 78 valence electrons. The van der Waals surface area contributed by atoms with Gasteiger partial charge in [-0.05, 0) is 18.6 Å². The first kappa shape index (κ1) is 10.6. The van der Waals surface area contributed by atoms with Crippen molar-refractivity contribution >= 4 is 22.9 Å². The smallest absolute Gasteiger partial charge is 0.142 e. The lowest BCUT2D eigenvalue weighted by atomic mass is 10.2. The molecule has 0 radical (unpaired) electrons. The zero-order valence-corrected chi connectivity index (χ0v) is 9.70. The number of aromatic nitrogens is 1. The Hall–Kier alpha value is -0.930. The van der Waals surface area contributed by atoms with Crippen molar-refractivity contribution in [2.75, 3.05) is 0 Å². The summed E-state index contributed by atoms with van der Waals surface area (Å²) < 4.78 is 13.0. The topological polar surface area (TPSA) is 12.9 Å². The molecule has 0 atom stereocenters. The highest BCUT2D eigenvalue weighted by atomic mass is 35.5. The van der Waals surface area contributed by atoms with Gasteiger partial charge in [-0.2, -0.15) is 0 Å². The van der Waals surface area contributed by atoms with Crippen molar-refractivity contribution in [3.8, 4) is 10.4 Å². The van der Waals surface area contributed by atoms with Crippen LogP contribution in [0.5, 0.6) is 0 Å². The van der Waals surface area contributed by atoms with E-state index < -0.39 is 0 Å². The molecule has 2 heterocycles. The number of hydrogen-bond acceptors (Lipinski definition) is 2. The number of rotatable bonds is 2. The fraction of sp³-hybridized carbons (Fsp3) is 0.182. The van der Waals surface area contributed by atoms with E-state index >= 15 is 0 Å². The Kier molecular flexibility index (Phi) is 3.03. The lowest BCUT2D eigenvalue weighted by Crippen LogP contribution is -1.79. The highest BCUT2D eigenvalue weighted by Crippen LogP contribution is 2.34. The second-order valence-corrected chi connectivity index (χ2v) is 4.67. The largest absolute Gasteiger partial charge is 0.261 e. The van der Waals surface area contributed by atoms with Crippen LogP contribution < -0.4 is 0 Å². The molecule has 0 unspecified atom stereocenters. The Balaban J connectivity index is 2.45. The molecular weight excluding hydrogens is 233 g/mol. The quantitative estimate of drug-likeness (QED) is 0.769. The molecule has 0 N–H and O–H groups in total. The zero-order valence-electron chi connectivity index (χ0n) is 8.13. The maximum atomic E-state index is 13.0. The maximum Gasteiger partial charge on any atom is 0.142 e. The van der Waals surface area contributed by atoms with E-state index in [0.717, 1.165) is 26.8 Å². The van der Waals surface area contributed by atoms with Crippen molar-refractivity contribution in [2.45, 2.75) is 13.3 Å². The van der Waals surface area contributed by atoms with Crippen LogP contribution in [0.3, 0.4) is 0 Å². The number of aryl methyl sites for hydroxylation is 1. The van der Waals surface area contributed by atoms with Crippen molar-refractivity contribution < 1.29 is 4.39 Å². The van der Waals surface area contributed by atoms with Crippen LogP contribution in [0.1, 0.15) is 11.8 Å². The molecule has 0 aliphatic heterocycles. The van der Waals surface area contributed by atoms with Gasteiger partial charge in [-0.3, -0.25) is 4.98 Å². The molecule has 2 rings (SSSR count). The van der Waals surface area contributed by atoms with Crippen LogP contribution in [-0.4, -0.2) is 4.98 Å². The lowest BCUT2D eigenvalue weighted by Gasteiger charge is -1.95. The van der Waals surface area contributed by atoms with Gasteiger partial charge in [0.1, 0.15) is 5.82 Å². The molecule has 1 nitrogen and oxygen atoms in total. The predicted octanol–water partition coefficient (Wildman–Crippen LogP) is 4.17. The summed E-state index contributed by atoms with van der Waals surface area (Å²) >= 11 is 7.61. The fourth-order valence-corrected chi connectivity index (χ4v) is 2.73. The first-order chi connectivity index (χ1) is 7.20. The lowest BCUT2D eigenvalue weighted by molar-refractivity contribution is 0.622. The van der Waals surface area contributed by atoms with E-state index in [0.29, 0.717) is 0 Å². The maximum absolute atomic E-state index is 13.0. The predicted molar refractivity (Wildman–Crippen MR) is 61.9 cm³/mol. The van der Waals surface area contributed by atoms with Gasteiger partial charge < -0.3 is 0 Å². The van der Waals surface area contributed by atoms with E-state index in [4.69, 9.17) is 11.6 Å². The van der Waals surface area contributed by atoms with Gasteiger partial charge in [-0.15, -0.1) is 11.3 Å². The molecule has 0 aliphatic carbocycles. The second kappa shape index (κ2) is 4.29. The third-order valence-corrected chi connectivity index (χ3v) is 3.85. The van der Waals surface area contributed by atoms with Gasteiger partial charge in [0.05, 0.1) is 11.2 Å². The first-order valence-electron chi connectivity index (χ1n) is 4.60. The van der Waals surface area contributed by atoms with Crippen LogP contribution in [-0.2, 0) is 6.42 Å². The van der Waals surface area contributed by atoms with E-state index in [1.165, 1.54) is 12.3 Å². The van der Waals surface area contributed by atoms with E-state index in [-0.39, 0.29) is 5.82 Å². The molecule has 2 aromatic heterocycles. The molecular formula is C11H9ClFNS. The van der Waals surface area contributed by atoms with Gasteiger partial charge in [0.25, 0.3) is 0 Å². The van der Waals surface area contributed by atoms with E-state index in [9.17, 15) is 4.39 Å². The Morgan fingerprint density at radius 2 is 2.20 bits per heavy atom. The van der Waals surface area contributed by atoms with Crippen LogP contribution in [0, 0.1) is 5.82 Å². The first-order valence-corrected chi connectivity index (χ1v) is 5.79. The standard InChI is InChI=1S/C11H9ClFNS/c1-2-10-9(12)4-11(15-10)7-3-8(13)6-14-5-7/h3-6H,2H2,1H3. The molecule has 0 fully saturated rings. The molecule has 0 aliphatic rings. The van der Waals surface area contributed by atoms with Crippen molar-refractivity contribution in [2.24, 2.45) is 0 Å². The number of halogens is 2. The van der Waals surface area contributed by atoms with Crippen molar-refractivity contribution in [3.63, 3.8) is 0 Å². The van der Waals surface area contributed by atoms with Gasteiger partial charge in [-0.1, -0.05) is 18.5 Å². The molecule has 2 aromatic rings. The molecule has 4 heteroatoms. The zero-order chi connectivity index (χ0) is 10.8. The van der Waals surface area contributed by atoms with E-state index in [1.54, 1.807) is 17.5 Å². The number of nitrogens with zero attached hydrogens (tertiary/aromatic N) is 1. The van der Waals surface area contributed by atoms with Gasteiger partial charge in [0.15, 0.2) is 0 Å². The minimum absolute atomic E-state index is 0.324. The summed E-state index contributed by atoms with van der Waals surface area (Å²) in [6.07, 6.45) is 3.73. The SMILES string of the molecule is CCc1sc(-c2cncc(F)c2)cc1Cl. The average molecular weight is 242 g/mol. The third kappa shape index (κ3) is 2.19. The molecule has 0 aromatic carbocycles. The molecule has 0 saturated heterocycles. The van der Waals surface area contributed by atoms with Crippen molar-refractivity contribution in [3.05, 3.63) is 40.2 Å². The van der Waals surface area contributed by atoms with Crippen LogP contribution in [0.2, 0.25) is 5.02 Å². The van der Waals surface area contributed by atoms with Crippen LogP contribution in [0.15, 0.2) is 24.5 Å². The molecule has 0 bridgehead atoms. The summed E-state index contributed by atoms with van der Waals surface area (Å²) in [5.41, 5.74) is 0.779. The Morgan fingerprint density at radius 1 is 1.40 bits per heavy atom. The molecule has 0 amide bonds. The van der Waals surface area contributed by atoms with Crippen LogP contribution in [0.25, 0.3) is 10.4 Å². The summed E-state index contributed by atoms with van der Waals surface area (Å²) in [6.45, 7) is 2.05. The highest BCUT2D eigenvalue weighted by Gasteiger charge is 2.08. The number of hydrogen-bond donors (Lipinski definition) is 0. The molecule has 0 saturated carbocycles. The van der Waals surface area contributed by atoms with Crippen LogP contribution >= 0.6 is 22.9 Å². The summed E-state index contributed by atoms with van der Waals surface area (Å²) in [4.78, 5) is 5.90. The van der Waals surface area contributed by atoms with Crippen molar-refractivity contribution in [1.29, 1.82) is 0 Å². The number of pyridine rings is 1. The molecule has 15 heavy (non-hydrogen) atoms. The summed E-state index contributed by atoms with van der Waals surface area (Å²) in [6, 6.07) is 3.33. The van der Waals surface area contributed by atoms with Gasteiger partial charge in [-0.25, -0.2) is 4.39 Å². The van der Waals surface area contributed by atoms with Crippen LogP contribution in [0.4, 0.5) is 4.39 Å². The third-order valence-electron chi connectivity index (χ3n) is 2.07. The van der Waals surface area contributed by atoms with Crippen molar-refractivity contribution in [1.82, 2.24) is 4.98 Å². The van der Waals surface area contributed by atoms with E-state index in [2.05, 4.69) is 4.98 Å². The minimum Gasteiger partial charge on any atom is -0.261 e. The van der Waals surface area contributed by atoms with Gasteiger partial charge in [0.2, 0.25) is 0 Å². The minimum atomic E-state index is -0.324. The van der Waals surface area contributed by atoms with E-state index in [1.807, 2.05) is 13.0 Å². The summed E-state index contributed by atoms with van der Waals surface area (Å²) in [5.74, 6) is -0.324.